The Bertz CT molecular complexity index is 732. The van der Waals surface area contributed by atoms with E-state index in [1.54, 1.807) is 25.1 Å². The molecule has 0 bridgehead atoms. The highest BCUT2D eigenvalue weighted by Crippen LogP contribution is 2.28. The Morgan fingerprint density at radius 1 is 1.19 bits per heavy atom. The lowest BCUT2D eigenvalue weighted by Gasteiger charge is -2.22. The summed E-state index contributed by atoms with van der Waals surface area (Å²) in [6.45, 7) is 7.62. The van der Waals surface area contributed by atoms with Crippen LogP contribution < -0.4 is 5.73 Å². The highest BCUT2D eigenvalue weighted by atomic mass is 16.5. The van der Waals surface area contributed by atoms with E-state index in [1.165, 1.54) is 0 Å². The molecule has 0 aliphatic carbocycles. The van der Waals surface area contributed by atoms with E-state index in [0.29, 0.717) is 35.7 Å². The molecule has 1 aromatic rings. The fraction of sp³-hybridized carbons (Fsp3) is 0.450. The smallest absolute Gasteiger partial charge is 0.338 e. The second-order valence-electron chi connectivity index (χ2n) is 6.24. The first-order valence-corrected chi connectivity index (χ1v) is 9.14. The lowest BCUT2D eigenvalue weighted by Crippen LogP contribution is -2.34. The molecule has 0 saturated heterocycles. The molecule has 0 unspecified atom stereocenters. The van der Waals surface area contributed by atoms with Gasteiger partial charge in [-0.3, -0.25) is 4.79 Å². The van der Waals surface area contributed by atoms with Crippen molar-refractivity contribution in [2.24, 2.45) is 10.7 Å². The van der Waals surface area contributed by atoms with Gasteiger partial charge in [0.2, 0.25) is 5.91 Å². The Morgan fingerprint density at radius 2 is 1.88 bits per heavy atom. The zero-order valence-corrected chi connectivity index (χ0v) is 15.7. The molecule has 140 valence electrons. The van der Waals surface area contributed by atoms with Crippen LogP contribution in [0.3, 0.4) is 0 Å². The summed E-state index contributed by atoms with van der Waals surface area (Å²) >= 11 is 0. The Kier molecular flexibility index (Phi) is 6.95. The van der Waals surface area contributed by atoms with Crippen LogP contribution >= 0.6 is 0 Å². The van der Waals surface area contributed by atoms with Crippen LogP contribution in [0.25, 0.3) is 6.08 Å². The molecule has 1 aromatic carbocycles. The summed E-state index contributed by atoms with van der Waals surface area (Å²) in [6, 6.07) is 5.11. The van der Waals surface area contributed by atoms with Gasteiger partial charge in [0.05, 0.1) is 17.9 Å². The molecule has 1 aliphatic heterocycles. The van der Waals surface area contributed by atoms with Gasteiger partial charge in [0.1, 0.15) is 5.84 Å². The van der Waals surface area contributed by atoms with E-state index in [9.17, 15) is 9.59 Å². The van der Waals surface area contributed by atoms with Crippen LogP contribution in [-0.4, -0.2) is 42.3 Å². The minimum absolute atomic E-state index is 0.00540. The van der Waals surface area contributed by atoms with Crippen LogP contribution in [0.1, 0.15) is 56.0 Å². The van der Waals surface area contributed by atoms with E-state index >= 15 is 0 Å². The van der Waals surface area contributed by atoms with E-state index in [-0.39, 0.29) is 5.91 Å². The third-order valence-corrected chi connectivity index (χ3v) is 4.06. The second-order valence-corrected chi connectivity index (χ2v) is 6.24. The highest BCUT2D eigenvalue weighted by molar-refractivity contribution is 6.05. The third-order valence-electron chi connectivity index (χ3n) is 4.06. The van der Waals surface area contributed by atoms with Crippen molar-refractivity contribution in [2.45, 2.75) is 40.0 Å². The van der Waals surface area contributed by atoms with Gasteiger partial charge in [-0.2, -0.15) is 0 Å². The van der Waals surface area contributed by atoms with E-state index in [1.807, 2.05) is 11.0 Å². The second kappa shape index (κ2) is 9.17. The number of esters is 1. The number of benzene rings is 1. The van der Waals surface area contributed by atoms with Crippen molar-refractivity contribution in [3.05, 3.63) is 34.9 Å². The molecular weight excluding hydrogens is 330 g/mol. The maximum Gasteiger partial charge on any atom is 0.338 e. The molecule has 1 amide bonds. The van der Waals surface area contributed by atoms with Gasteiger partial charge in [-0.1, -0.05) is 19.9 Å². The molecule has 0 radical (unpaired) electrons. The van der Waals surface area contributed by atoms with Crippen molar-refractivity contribution in [1.29, 1.82) is 0 Å². The molecule has 0 aromatic heterocycles. The average molecular weight is 357 g/mol. The van der Waals surface area contributed by atoms with Crippen molar-refractivity contribution >= 4 is 29.5 Å². The minimum atomic E-state index is -0.398. The largest absolute Gasteiger partial charge is 0.462 e. The van der Waals surface area contributed by atoms with Crippen LogP contribution in [0.4, 0.5) is 5.69 Å². The quantitative estimate of drug-likeness (QED) is 0.759. The number of nitrogens with two attached hydrogens (primary N) is 1. The predicted molar refractivity (Wildman–Crippen MR) is 103 cm³/mol. The molecule has 1 aliphatic rings. The lowest BCUT2D eigenvalue weighted by atomic mass is 10.0. The number of nitrogens with zero attached hydrogens (tertiary/aromatic N) is 2. The summed E-state index contributed by atoms with van der Waals surface area (Å²) in [5.74, 6) is -0.0443. The number of hydrogen-bond donors (Lipinski definition) is 1. The number of fused-ring (bicyclic) bond motifs is 1. The number of carbonyl (C=O) groups excluding carboxylic acids is 2. The topological polar surface area (TPSA) is 85.0 Å². The molecule has 1 heterocycles. The maximum absolute atomic E-state index is 12.9. The number of amides is 1. The first-order valence-electron chi connectivity index (χ1n) is 9.14. The Morgan fingerprint density at radius 3 is 2.50 bits per heavy atom. The first-order chi connectivity index (χ1) is 12.5. The number of amidine groups is 1. The number of hydrogen-bond acceptors (Lipinski definition) is 5. The molecule has 6 nitrogen and oxygen atoms in total. The molecule has 6 heteroatoms. The van der Waals surface area contributed by atoms with Crippen LogP contribution in [0.15, 0.2) is 28.8 Å². The molecule has 0 fully saturated rings. The molecule has 2 rings (SSSR count). The van der Waals surface area contributed by atoms with E-state index in [0.717, 1.165) is 31.5 Å². The standard InChI is InChI=1S/C20H27N3O3/c1-4-9-23(10-5-2)19(24)16-11-14-7-8-15(20(25)26-6-3)12-17(14)22-18(21)13-16/h7-8,11-12H,4-6,9-10,13H2,1-3H3,(H2,21,22). The zero-order chi connectivity index (χ0) is 19.1. The lowest BCUT2D eigenvalue weighted by molar-refractivity contribution is -0.127. The summed E-state index contributed by atoms with van der Waals surface area (Å²) in [5.41, 5.74) is 8.42. The molecular formula is C20H27N3O3. The number of ether oxygens (including phenoxy) is 1. The Balaban J connectivity index is 2.37. The normalized spacial score (nSPS) is 13.2. The molecule has 2 N–H and O–H groups in total. The summed E-state index contributed by atoms with van der Waals surface area (Å²) in [4.78, 5) is 31.1. The van der Waals surface area contributed by atoms with Gasteiger partial charge in [0.25, 0.3) is 0 Å². The van der Waals surface area contributed by atoms with E-state index in [2.05, 4.69) is 18.8 Å². The van der Waals surface area contributed by atoms with Crippen molar-refractivity contribution in [2.75, 3.05) is 19.7 Å². The molecule has 0 spiro atoms. The Hall–Kier alpha value is -2.63. The molecule has 26 heavy (non-hydrogen) atoms. The van der Waals surface area contributed by atoms with Gasteiger partial charge in [-0.15, -0.1) is 0 Å². The van der Waals surface area contributed by atoms with Crippen molar-refractivity contribution in [3.63, 3.8) is 0 Å². The fourth-order valence-electron chi connectivity index (χ4n) is 2.93. The summed E-state index contributed by atoms with van der Waals surface area (Å²) in [6.07, 6.45) is 3.94. The highest BCUT2D eigenvalue weighted by Gasteiger charge is 2.21. The van der Waals surface area contributed by atoms with Gasteiger partial charge < -0.3 is 15.4 Å². The number of aliphatic imine (C=N–C) groups is 1. The van der Waals surface area contributed by atoms with Crippen LogP contribution in [0.2, 0.25) is 0 Å². The Labute approximate surface area is 154 Å². The predicted octanol–water partition coefficient (Wildman–Crippen LogP) is 3.29. The number of rotatable bonds is 7. The van der Waals surface area contributed by atoms with Crippen molar-refractivity contribution in [3.8, 4) is 0 Å². The first kappa shape index (κ1) is 19.7. The summed E-state index contributed by atoms with van der Waals surface area (Å²) in [7, 11) is 0. The zero-order valence-electron chi connectivity index (χ0n) is 15.7. The van der Waals surface area contributed by atoms with Crippen LogP contribution in [0.5, 0.6) is 0 Å². The summed E-state index contributed by atoms with van der Waals surface area (Å²) < 4.78 is 5.03. The van der Waals surface area contributed by atoms with Gasteiger partial charge in [-0.25, -0.2) is 9.79 Å². The fourth-order valence-corrected chi connectivity index (χ4v) is 2.93. The average Bonchev–Trinajstić information content (AvgIpc) is 2.78. The number of carbonyl (C=O) groups is 2. The van der Waals surface area contributed by atoms with Crippen molar-refractivity contribution < 1.29 is 14.3 Å². The van der Waals surface area contributed by atoms with Crippen molar-refractivity contribution in [1.82, 2.24) is 4.90 Å². The van der Waals surface area contributed by atoms with Gasteiger partial charge in [0, 0.05) is 30.6 Å². The molecule has 0 saturated carbocycles. The maximum atomic E-state index is 12.9. The van der Waals surface area contributed by atoms with Crippen LogP contribution in [-0.2, 0) is 9.53 Å². The van der Waals surface area contributed by atoms with Crippen LogP contribution in [0, 0.1) is 0 Å². The van der Waals surface area contributed by atoms with Gasteiger partial charge in [0.15, 0.2) is 0 Å². The van der Waals surface area contributed by atoms with Gasteiger partial charge in [-0.05, 0) is 38.0 Å². The van der Waals surface area contributed by atoms with Gasteiger partial charge >= 0.3 is 5.97 Å². The van der Waals surface area contributed by atoms with E-state index < -0.39 is 5.97 Å². The van der Waals surface area contributed by atoms with E-state index in [4.69, 9.17) is 10.5 Å². The minimum Gasteiger partial charge on any atom is -0.462 e. The monoisotopic (exact) mass is 357 g/mol. The SMILES string of the molecule is CCCN(CCC)C(=O)C1=Cc2ccc(C(=O)OCC)cc2N=C(N)C1. The third kappa shape index (κ3) is 4.71. The molecule has 0 atom stereocenters. The summed E-state index contributed by atoms with van der Waals surface area (Å²) in [5, 5.41) is 0.